The van der Waals surface area contributed by atoms with Crippen molar-refractivity contribution in [1.29, 1.82) is 10.5 Å². The molecule has 11 heteroatoms. The molecule has 2 heterocycles. The van der Waals surface area contributed by atoms with Gasteiger partial charge in [-0.15, -0.1) is 0 Å². The van der Waals surface area contributed by atoms with Gasteiger partial charge in [0.15, 0.2) is 0 Å². The molecule has 0 aromatic carbocycles. The minimum absolute atomic E-state index is 0. The number of pyridine rings is 2. The van der Waals surface area contributed by atoms with Crippen LogP contribution in [0.4, 0.5) is 4.39 Å². The molecule has 0 fully saturated rings. The average molecular weight is 478 g/mol. The fourth-order valence-electron chi connectivity index (χ4n) is 1.57. The molecule has 2 aromatic heterocycles. The van der Waals surface area contributed by atoms with Crippen molar-refractivity contribution < 1.29 is 46.6 Å². The van der Waals surface area contributed by atoms with Crippen molar-refractivity contribution in [3.63, 3.8) is 0 Å². The maximum Gasteiger partial charge on any atom is 1.00 e. The first-order valence-corrected chi connectivity index (χ1v) is 9.37. The Morgan fingerprint density at radius 1 is 1.09 bits per heavy atom. The molecule has 0 saturated heterocycles. The second kappa shape index (κ2) is 23.8. The molecule has 2 rings (SSSR count). The summed E-state index contributed by atoms with van der Waals surface area (Å²) in [5.41, 5.74) is 0.731. The molecular weight excluding hydrogens is 446 g/mol. The third kappa shape index (κ3) is 21.4. The smallest absolute Gasteiger partial charge is 1.00 e. The molecule has 32 heavy (non-hydrogen) atoms. The molecule has 0 aliphatic heterocycles. The van der Waals surface area contributed by atoms with Crippen molar-refractivity contribution in [2.24, 2.45) is 0 Å². The predicted molar refractivity (Wildman–Crippen MR) is 121 cm³/mol. The summed E-state index contributed by atoms with van der Waals surface area (Å²) < 4.78 is 20.9. The van der Waals surface area contributed by atoms with E-state index in [2.05, 4.69) is 9.97 Å². The standard InChI is InChI=1S/C10H13N3O.C6H3ClN2.C4H11NO.CH3F.Na.H/c1-13(2)5-6-14-10-3-4-12-9(7-10)8-11;7-5-1-2-9-6(3-5)4-8;1-5(2)3-4-6;1-2;;/h3-4,7H,5-6H2,1-2H3;1-3H;6H,3-4H2,1-2H3;1H3;;/q;;;;+1;-1/i;;;1D;;. The van der Waals surface area contributed by atoms with Gasteiger partial charge in [-0.25, -0.2) is 9.97 Å². The minimum atomic E-state index is -1.00. The normalized spacial score (nSPS) is 9.16. The van der Waals surface area contributed by atoms with Crippen LogP contribution in [0, 0.1) is 22.7 Å². The molecule has 0 amide bonds. The molecule has 0 saturated carbocycles. The molecule has 8 nitrogen and oxygen atoms in total. The SMILES string of the molecule is CN(C)CCO.CN(C)CCOc1ccnc(C#N)c1.N#Cc1cc(Cl)ccn1.[2H]CF.[H-].[Na+]. The van der Waals surface area contributed by atoms with Crippen molar-refractivity contribution in [1.82, 2.24) is 19.8 Å². The van der Waals surface area contributed by atoms with Gasteiger partial charge in [-0.2, -0.15) is 10.5 Å². The number of alkyl halides is 1. The van der Waals surface area contributed by atoms with Crippen molar-refractivity contribution in [3.8, 4) is 17.9 Å². The number of ether oxygens (including phenoxy) is 1. The molecule has 0 bridgehead atoms. The van der Waals surface area contributed by atoms with E-state index in [-0.39, 0.29) is 37.6 Å². The van der Waals surface area contributed by atoms with E-state index in [9.17, 15) is 4.39 Å². The Morgan fingerprint density at radius 2 is 1.59 bits per heavy atom. The molecule has 0 spiro atoms. The Balaban J connectivity index is -0.000000195. The van der Waals surface area contributed by atoms with E-state index >= 15 is 0 Å². The average Bonchev–Trinajstić information content (AvgIpc) is 2.75. The monoisotopic (exact) mass is 477 g/mol. The molecule has 0 unspecified atom stereocenters. The molecule has 172 valence electrons. The summed E-state index contributed by atoms with van der Waals surface area (Å²) in [6, 6.07) is 10.4. The van der Waals surface area contributed by atoms with Gasteiger partial charge in [-0.3, -0.25) is 4.39 Å². The second-order valence-corrected chi connectivity index (χ2v) is 6.57. The first-order chi connectivity index (χ1) is 15.2. The molecule has 0 radical (unpaired) electrons. The van der Waals surface area contributed by atoms with Gasteiger partial charge < -0.3 is 21.1 Å². The Bertz CT molecular complexity index is 826. The van der Waals surface area contributed by atoms with E-state index in [1.807, 2.05) is 50.1 Å². The summed E-state index contributed by atoms with van der Waals surface area (Å²) in [4.78, 5) is 11.5. The van der Waals surface area contributed by atoms with Crippen molar-refractivity contribution in [2.45, 2.75) is 0 Å². The molecule has 2 aromatic rings. The zero-order chi connectivity index (χ0) is 24.8. The number of likely N-dealkylation sites (N-methyl/N-ethyl adjacent to an activating group) is 2. The summed E-state index contributed by atoms with van der Waals surface area (Å²) in [6.07, 6.45) is 3.07. The largest absolute Gasteiger partial charge is 1.00 e. The molecular formula is C21H31ClFN6NaO2. The zero-order valence-corrected chi connectivity index (χ0v) is 22.1. The number of aromatic nitrogens is 2. The van der Waals surface area contributed by atoms with Crippen LogP contribution < -0.4 is 34.3 Å². The summed E-state index contributed by atoms with van der Waals surface area (Å²) >= 11 is 5.53. The number of nitriles is 2. The number of halogens is 2. The van der Waals surface area contributed by atoms with Crippen LogP contribution in [0.15, 0.2) is 36.7 Å². The minimum Gasteiger partial charge on any atom is -1.00 e. The summed E-state index contributed by atoms with van der Waals surface area (Å²) in [5.74, 6) is 0.693. The van der Waals surface area contributed by atoms with Gasteiger partial charge in [0.25, 0.3) is 0 Å². The quantitative estimate of drug-likeness (QED) is 0.567. The number of hydrogen-bond donors (Lipinski definition) is 1. The van der Waals surface area contributed by atoms with Gasteiger partial charge in [0.2, 0.25) is 0 Å². The number of hydrogen-bond acceptors (Lipinski definition) is 8. The molecule has 0 aliphatic carbocycles. The number of aliphatic hydroxyl groups is 1. The van der Waals surface area contributed by atoms with Gasteiger partial charge in [-0.1, -0.05) is 11.6 Å². The molecule has 1 N–H and O–H groups in total. The van der Waals surface area contributed by atoms with Gasteiger partial charge in [-0.05, 0) is 46.4 Å². The summed E-state index contributed by atoms with van der Waals surface area (Å²) in [6.45, 7) is 2.49. The maximum absolute atomic E-state index is 9.96. The third-order valence-corrected chi connectivity index (χ3v) is 3.27. The fourth-order valence-corrected chi connectivity index (χ4v) is 1.73. The van der Waals surface area contributed by atoms with Crippen LogP contribution in [-0.2, 0) is 0 Å². The number of aliphatic hydroxyl groups excluding tert-OH is 1. The predicted octanol–water partition coefficient (Wildman–Crippen LogP) is -0.257. The fraction of sp³-hybridized carbons (Fsp3) is 0.429. The Kier molecular flexibility index (Phi) is 24.1. The van der Waals surface area contributed by atoms with Crippen LogP contribution >= 0.6 is 11.6 Å². The van der Waals surface area contributed by atoms with Crippen LogP contribution in [0.2, 0.25) is 5.02 Å². The van der Waals surface area contributed by atoms with Crippen LogP contribution in [0.25, 0.3) is 0 Å². The maximum atomic E-state index is 9.96. The molecule has 0 atom stereocenters. The zero-order valence-electron chi connectivity index (χ0n) is 21.3. The number of nitrogens with zero attached hydrogens (tertiary/aromatic N) is 6. The first-order valence-electron chi connectivity index (χ1n) is 9.70. The Morgan fingerprint density at radius 3 is 1.97 bits per heavy atom. The van der Waals surface area contributed by atoms with Crippen LogP contribution in [0.3, 0.4) is 0 Å². The van der Waals surface area contributed by atoms with E-state index in [0.717, 1.165) is 13.1 Å². The van der Waals surface area contributed by atoms with E-state index in [1.54, 1.807) is 24.4 Å². The van der Waals surface area contributed by atoms with Crippen molar-refractivity contribution in [3.05, 3.63) is 53.1 Å². The van der Waals surface area contributed by atoms with Gasteiger partial charge in [0.1, 0.15) is 35.9 Å². The van der Waals surface area contributed by atoms with Gasteiger partial charge >= 0.3 is 29.6 Å². The van der Waals surface area contributed by atoms with Gasteiger partial charge in [0.05, 0.1) is 15.1 Å². The van der Waals surface area contributed by atoms with Crippen LogP contribution in [0.5, 0.6) is 5.75 Å². The first kappa shape index (κ1) is 32.4. The van der Waals surface area contributed by atoms with E-state index in [1.165, 1.54) is 12.3 Å². The number of rotatable bonds is 6. The Labute approximate surface area is 220 Å². The van der Waals surface area contributed by atoms with E-state index in [0.29, 0.717) is 28.8 Å². The topological polar surface area (TPSA) is 109 Å². The van der Waals surface area contributed by atoms with Crippen LogP contribution in [0.1, 0.15) is 14.2 Å². The van der Waals surface area contributed by atoms with Crippen molar-refractivity contribution in [2.75, 3.05) is 61.6 Å². The van der Waals surface area contributed by atoms with Gasteiger partial charge in [0, 0.05) is 36.6 Å². The van der Waals surface area contributed by atoms with Crippen molar-refractivity contribution >= 4 is 11.6 Å². The Hall–Kier alpha value is -1.82. The summed E-state index contributed by atoms with van der Waals surface area (Å²) in [7, 11) is 6.82. The van der Waals surface area contributed by atoms with E-state index < -0.39 is 7.15 Å². The van der Waals surface area contributed by atoms with Crippen LogP contribution in [-0.4, -0.2) is 86.5 Å². The summed E-state index contributed by atoms with van der Waals surface area (Å²) in [5, 5.41) is 25.6. The molecule has 0 aliphatic rings. The van der Waals surface area contributed by atoms with E-state index in [4.69, 9.17) is 33.3 Å². The second-order valence-electron chi connectivity index (χ2n) is 6.14. The third-order valence-electron chi connectivity index (χ3n) is 3.04.